The van der Waals surface area contributed by atoms with E-state index in [1.807, 2.05) is 133 Å². The molecular weight excluding hydrogens is 1530 g/mol. The van der Waals surface area contributed by atoms with Gasteiger partial charge >= 0.3 is 0 Å². The number of ether oxygens (including phenoxy) is 4. The third kappa shape index (κ3) is 9.84. The highest BCUT2D eigenvalue weighted by Crippen LogP contribution is 2.59. The fraction of sp³-hybridized carbons (Fsp3) is 0.167. The quantitative estimate of drug-likeness (QED) is 0.0458. The van der Waals surface area contributed by atoms with Crippen LogP contribution in [0.25, 0.3) is 43.1 Å². The van der Waals surface area contributed by atoms with Crippen molar-refractivity contribution in [3.8, 4) is 46.0 Å². The van der Waals surface area contributed by atoms with E-state index in [0.717, 1.165) is 36.5 Å². The van der Waals surface area contributed by atoms with Crippen molar-refractivity contribution in [3.63, 3.8) is 0 Å². The zero-order valence-corrected chi connectivity index (χ0v) is 56.6. The van der Waals surface area contributed by atoms with Crippen LogP contribution in [0.15, 0.2) is 158 Å². The minimum Gasteiger partial charge on any atom is -0.457 e. The fourth-order valence-corrected chi connectivity index (χ4v) is 13.7. The van der Waals surface area contributed by atoms with Gasteiger partial charge in [0.15, 0.2) is 0 Å². The van der Waals surface area contributed by atoms with Gasteiger partial charge in [0.05, 0.1) is 33.6 Å². The van der Waals surface area contributed by atoms with Gasteiger partial charge in [0, 0.05) is 57.4 Å². The molecule has 11 aromatic carbocycles. The fourth-order valence-electron chi connectivity index (χ4n) is 12.3. The molecule has 4 amide bonds. The lowest BCUT2D eigenvalue weighted by Crippen LogP contribution is -2.42. The molecule has 2 heterocycles. The molecule has 14 heteroatoms. The zero-order chi connectivity index (χ0) is 60.3. The molecule has 0 radical (unpaired) electrons. The standard InChI is InChI=1S/C72H54I4N2O8/c1-35(2)47-11-9-12-48(36(3)4)67(47)77-69(79)51-31-55(83-43-23-15-39(73)16-24-43)61-63-57(85-45-27-19-41(75)20-28-45)33-53-60-54(72(82)78(71(53)81)68-49(37(5)6)13-10-14-50(68)38(7)8)34-58(86-46-29-21-42(76)22-30-46)64(66(60)63)62-56(84-44-25-17-40(74)18-26-44)32-52(70(77)80)59(51)65(61)62/h9-38H,1-8H3. The minimum absolute atomic E-state index is 0.0646. The summed E-state index contributed by atoms with van der Waals surface area (Å²) in [6.45, 7) is 16.5. The second kappa shape index (κ2) is 22.7. The number of carbonyl (C=O) groups is 4. The van der Waals surface area contributed by atoms with Gasteiger partial charge in [-0.2, -0.15) is 0 Å². The Morgan fingerprint density at radius 2 is 0.500 bits per heavy atom. The third-order valence-corrected chi connectivity index (χ3v) is 19.1. The van der Waals surface area contributed by atoms with Crippen molar-refractivity contribution in [1.82, 2.24) is 0 Å². The number of imide groups is 2. The van der Waals surface area contributed by atoms with E-state index in [1.165, 1.54) is 9.80 Å². The molecule has 0 bridgehead atoms. The molecule has 0 spiro atoms. The molecule has 86 heavy (non-hydrogen) atoms. The highest BCUT2D eigenvalue weighted by Gasteiger charge is 2.44. The van der Waals surface area contributed by atoms with E-state index >= 15 is 19.2 Å². The summed E-state index contributed by atoms with van der Waals surface area (Å²) in [5, 5.41) is 3.39. The lowest BCUT2D eigenvalue weighted by Gasteiger charge is -2.35. The van der Waals surface area contributed by atoms with Crippen LogP contribution in [0.4, 0.5) is 11.4 Å². The Bertz CT molecular complexity index is 4080. The molecule has 11 aromatic rings. The Morgan fingerprint density at radius 3 is 0.698 bits per heavy atom. The van der Waals surface area contributed by atoms with Crippen LogP contribution in [0.5, 0.6) is 46.0 Å². The van der Waals surface area contributed by atoms with Crippen molar-refractivity contribution in [2.75, 3.05) is 9.80 Å². The number of amides is 4. The maximum atomic E-state index is 16.2. The Morgan fingerprint density at radius 1 is 0.291 bits per heavy atom. The van der Waals surface area contributed by atoms with Gasteiger partial charge in [-0.05, 0) is 258 Å². The van der Waals surface area contributed by atoms with Crippen molar-refractivity contribution in [2.45, 2.75) is 79.1 Å². The molecule has 10 nitrogen and oxygen atoms in total. The number of halogens is 4. The van der Waals surface area contributed by atoms with E-state index in [2.05, 4.69) is 146 Å². The molecule has 0 atom stereocenters. The van der Waals surface area contributed by atoms with Gasteiger partial charge in [0.25, 0.3) is 23.6 Å². The molecular formula is C72H54I4N2O8. The Hall–Kier alpha value is -6.88. The molecule has 2 aliphatic rings. The van der Waals surface area contributed by atoms with Gasteiger partial charge in [-0.15, -0.1) is 0 Å². The number of para-hydroxylation sites is 2. The highest BCUT2D eigenvalue weighted by atomic mass is 127. The molecule has 0 unspecified atom stereocenters. The van der Waals surface area contributed by atoms with Gasteiger partial charge in [-0.3, -0.25) is 19.2 Å². The second-order valence-electron chi connectivity index (χ2n) is 23.0. The van der Waals surface area contributed by atoms with Crippen molar-refractivity contribution in [2.24, 2.45) is 0 Å². The molecule has 0 saturated carbocycles. The summed E-state index contributed by atoms with van der Waals surface area (Å²) >= 11 is 9.02. The number of anilines is 2. The van der Waals surface area contributed by atoms with Crippen LogP contribution in [0, 0.1) is 14.3 Å². The lowest BCUT2D eigenvalue weighted by molar-refractivity contribution is 0.0877. The number of benzene rings is 11. The maximum absolute atomic E-state index is 16.2. The Kier molecular flexibility index (Phi) is 15.3. The molecule has 13 rings (SSSR count). The van der Waals surface area contributed by atoms with Crippen LogP contribution in [-0.4, -0.2) is 23.6 Å². The summed E-state index contributed by atoms with van der Waals surface area (Å²) in [7, 11) is 0. The summed E-state index contributed by atoms with van der Waals surface area (Å²) in [4.78, 5) is 67.6. The number of nitrogens with zero attached hydrogens (tertiary/aromatic N) is 2. The predicted octanol–water partition coefficient (Wildman–Crippen LogP) is 21.4. The molecule has 0 fully saturated rings. The van der Waals surface area contributed by atoms with Crippen LogP contribution < -0.4 is 28.7 Å². The monoisotopic (exact) mass is 1580 g/mol. The summed E-state index contributed by atoms with van der Waals surface area (Å²) in [6, 6.07) is 49.3. The van der Waals surface area contributed by atoms with Crippen LogP contribution in [-0.2, 0) is 0 Å². The number of fused-ring (bicyclic) bond motifs is 2. The lowest BCUT2D eigenvalue weighted by atomic mass is 9.80. The van der Waals surface area contributed by atoms with Crippen molar-refractivity contribution in [1.29, 1.82) is 0 Å². The number of hydrogen-bond donors (Lipinski definition) is 0. The zero-order valence-electron chi connectivity index (χ0n) is 48.0. The average Bonchev–Trinajstić information content (AvgIpc) is 0.694. The number of hydrogen-bond acceptors (Lipinski definition) is 8. The number of carbonyl (C=O) groups excluding carboxylic acids is 4. The summed E-state index contributed by atoms with van der Waals surface area (Å²) in [5.41, 5.74) is 5.32. The minimum atomic E-state index is -0.533. The van der Waals surface area contributed by atoms with Gasteiger partial charge in [0.1, 0.15) is 46.0 Å². The van der Waals surface area contributed by atoms with Crippen molar-refractivity contribution < 1.29 is 38.1 Å². The van der Waals surface area contributed by atoms with Gasteiger partial charge < -0.3 is 18.9 Å². The highest BCUT2D eigenvalue weighted by molar-refractivity contribution is 14.1. The van der Waals surface area contributed by atoms with Crippen molar-refractivity contribution in [3.05, 3.63) is 217 Å². The summed E-state index contributed by atoms with van der Waals surface area (Å²) in [5.74, 6) is 0.459. The Balaban J connectivity index is 1.26. The van der Waals surface area contributed by atoms with E-state index in [-0.39, 0.29) is 68.9 Å². The van der Waals surface area contributed by atoms with E-state index in [1.54, 1.807) is 24.3 Å². The third-order valence-electron chi connectivity index (χ3n) is 16.2. The smallest absolute Gasteiger partial charge is 0.266 e. The van der Waals surface area contributed by atoms with Gasteiger partial charge in [-0.25, -0.2) is 9.80 Å². The first kappa shape index (κ1) is 58.2. The van der Waals surface area contributed by atoms with Crippen LogP contribution in [0.2, 0.25) is 0 Å². The van der Waals surface area contributed by atoms with E-state index in [9.17, 15) is 0 Å². The van der Waals surface area contributed by atoms with E-state index in [0.29, 0.717) is 77.5 Å². The molecule has 428 valence electrons. The molecule has 0 aliphatic carbocycles. The van der Waals surface area contributed by atoms with E-state index in [4.69, 9.17) is 18.9 Å². The number of rotatable bonds is 14. The average molecular weight is 1580 g/mol. The first-order chi connectivity index (χ1) is 41.3. The van der Waals surface area contributed by atoms with Crippen molar-refractivity contribution >= 4 is 168 Å². The molecule has 0 saturated heterocycles. The SMILES string of the molecule is CC(C)c1cccc(C(C)C)c1N1C(=O)c2cc(Oc3ccc(I)cc3)c3c4c(Oc5ccc(I)cc5)cc5c6c(cc(Oc7ccc(I)cc7)c(c7c(Oc8ccc(I)cc8)cc(c2c37)C1=O)c64)C(=O)N(c1c(C(C)C)cccc1C(C)C)C5=O. The molecule has 0 aromatic heterocycles. The normalized spacial score (nSPS) is 13.3. The largest absolute Gasteiger partial charge is 0.457 e. The van der Waals surface area contributed by atoms with Crippen LogP contribution in [0.1, 0.15) is 143 Å². The maximum Gasteiger partial charge on any atom is 0.266 e. The van der Waals surface area contributed by atoms with Gasteiger partial charge in [-0.1, -0.05) is 91.8 Å². The molecule has 0 N–H and O–H groups in total. The molecule has 2 aliphatic heterocycles. The van der Waals surface area contributed by atoms with Gasteiger partial charge in [0.2, 0.25) is 0 Å². The van der Waals surface area contributed by atoms with E-state index < -0.39 is 23.6 Å². The summed E-state index contributed by atoms with van der Waals surface area (Å²) in [6.07, 6.45) is 0. The second-order valence-corrected chi connectivity index (χ2v) is 28.0. The topological polar surface area (TPSA) is 112 Å². The Labute approximate surface area is 552 Å². The first-order valence-electron chi connectivity index (χ1n) is 28.4. The first-order valence-corrected chi connectivity index (χ1v) is 32.7. The van der Waals surface area contributed by atoms with Crippen LogP contribution >= 0.6 is 90.4 Å². The van der Waals surface area contributed by atoms with Crippen LogP contribution in [0.3, 0.4) is 0 Å². The summed E-state index contributed by atoms with van der Waals surface area (Å²) < 4.78 is 32.8. The predicted molar refractivity (Wildman–Crippen MR) is 376 cm³/mol.